The monoisotopic (exact) mass is 212 g/mol. The van der Waals surface area contributed by atoms with Gasteiger partial charge in [0.05, 0.1) is 7.11 Å². The first-order valence-corrected chi connectivity index (χ1v) is 5.58. The lowest BCUT2D eigenvalue weighted by Crippen LogP contribution is -2.50. The lowest BCUT2D eigenvalue weighted by molar-refractivity contribution is 0.0719. The average Bonchev–Trinajstić information content (AvgIpc) is 2.71. The lowest BCUT2D eigenvalue weighted by Gasteiger charge is -2.36. The molecule has 1 amide bonds. The van der Waals surface area contributed by atoms with E-state index >= 15 is 0 Å². The average molecular weight is 212 g/mol. The summed E-state index contributed by atoms with van der Waals surface area (Å²) in [6.45, 7) is 8.42. The van der Waals surface area contributed by atoms with E-state index in [1.165, 1.54) is 7.11 Å². The molecule has 0 aliphatic carbocycles. The van der Waals surface area contributed by atoms with Crippen LogP contribution in [-0.4, -0.2) is 42.8 Å². The third kappa shape index (κ3) is 1.34. The summed E-state index contributed by atoms with van der Waals surface area (Å²) in [6.07, 6.45) is -0.193. The van der Waals surface area contributed by atoms with Crippen LogP contribution in [0.3, 0.4) is 0 Å². The van der Waals surface area contributed by atoms with Gasteiger partial charge in [0.2, 0.25) is 0 Å². The summed E-state index contributed by atoms with van der Waals surface area (Å²) < 4.78 is 4.87. The molecule has 0 aromatic rings. The van der Waals surface area contributed by atoms with Crippen LogP contribution in [0.2, 0.25) is 0 Å². The van der Waals surface area contributed by atoms with Crippen LogP contribution in [-0.2, 0) is 4.74 Å². The molecule has 4 nitrogen and oxygen atoms in total. The minimum Gasteiger partial charge on any atom is -0.453 e. The lowest BCUT2D eigenvalue weighted by atomic mass is 9.84. The fourth-order valence-electron chi connectivity index (χ4n) is 3.37. The largest absolute Gasteiger partial charge is 0.453 e. The van der Waals surface area contributed by atoms with Gasteiger partial charge in [-0.2, -0.15) is 0 Å². The molecule has 0 aromatic carbocycles. The number of hydrogen-bond donors (Lipinski definition) is 1. The number of carbonyl (C=O) groups excluding carboxylic acids is 1. The van der Waals surface area contributed by atoms with Crippen LogP contribution in [0.15, 0.2) is 0 Å². The van der Waals surface area contributed by atoms with E-state index in [4.69, 9.17) is 4.74 Å². The molecule has 1 N–H and O–H groups in total. The van der Waals surface area contributed by atoms with Crippen LogP contribution >= 0.6 is 0 Å². The molecule has 0 aromatic heterocycles. The zero-order valence-electron chi connectivity index (χ0n) is 9.91. The molecule has 2 rings (SSSR count). The van der Waals surface area contributed by atoms with Gasteiger partial charge in [0.15, 0.2) is 0 Å². The van der Waals surface area contributed by atoms with Gasteiger partial charge in [-0.15, -0.1) is 0 Å². The van der Waals surface area contributed by atoms with Crippen LogP contribution in [0.5, 0.6) is 0 Å². The van der Waals surface area contributed by atoms with Gasteiger partial charge in [-0.05, 0) is 26.7 Å². The topological polar surface area (TPSA) is 41.6 Å². The van der Waals surface area contributed by atoms with E-state index in [2.05, 4.69) is 26.1 Å². The summed E-state index contributed by atoms with van der Waals surface area (Å²) in [5.41, 5.74) is -0.0966. The predicted molar refractivity (Wildman–Crippen MR) is 57.6 cm³/mol. The molecule has 2 fully saturated rings. The Bertz CT molecular complexity index is 278. The Morgan fingerprint density at radius 3 is 2.67 bits per heavy atom. The molecule has 3 atom stereocenters. The molecule has 0 radical (unpaired) electrons. The molecule has 3 unspecified atom stereocenters. The highest BCUT2D eigenvalue weighted by atomic mass is 16.5. The molecule has 86 valence electrons. The summed E-state index contributed by atoms with van der Waals surface area (Å²) in [4.78, 5) is 13.7. The van der Waals surface area contributed by atoms with Gasteiger partial charge in [-0.3, -0.25) is 4.90 Å². The van der Waals surface area contributed by atoms with Crippen molar-refractivity contribution in [2.45, 2.75) is 32.4 Å². The third-order valence-corrected chi connectivity index (χ3v) is 4.19. The standard InChI is InChI=1S/C11H20N2O2/c1-7-8-5-12-6-9(8)11(2,3)13(7)10(14)15-4/h7-9,12H,5-6H2,1-4H3. The predicted octanol–water partition coefficient (Wildman–Crippen LogP) is 1.07. The van der Waals surface area contributed by atoms with Gasteiger partial charge >= 0.3 is 6.09 Å². The summed E-state index contributed by atoms with van der Waals surface area (Å²) in [7, 11) is 1.46. The summed E-state index contributed by atoms with van der Waals surface area (Å²) >= 11 is 0. The molecule has 2 aliphatic rings. The minimum absolute atomic E-state index is 0.0966. The van der Waals surface area contributed by atoms with Crippen LogP contribution in [0.4, 0.5) is 4.79 Å². The van der Waals surface area contributed by atoms with Crippen LogP contribution < -0.4 is 5.32 Å². The van der Waals surface area contributed by atoms with Crippen molar-refractivity contribution in [2.24, 2.45) is 11.8 Å². The van der Waals surface area contributed by atoms with E-state index in [9.17, 15) is 4.79 Å². The molecular formula is C11H20N2O2. The second-order valence-corrected chi connectivity index (χ2v) is 5.16. The van der Waals surface area contributed by atoms with Crippen molar-refractivity contribution in [2.75, 3.05) is 20.2 Å². The first-order chi connectivity index (χ1) is 7.00. The number of methoxy groups -OCH3 is 1. The van der Waals surface area contributed by atoms with Crippen molar-refractivity contribution >= 4 is 6.09 Å². The maximum absolute atomic E-state index is 11.8. The number of fused-ring (bicyclic) bond motifs is 1. The quantitative estimate of drug-likeness (QED) is 0.653. The van der Waals surface area contributed by atoms with E-state index in [1.54, 1.807) is 0 Å². The molecular weight excluding hydrogens is 192 g/mol. The smallest absolute Gasteiger partial charge is 0.410 e. The second-order valence-electron chi connectivity index (χ2n) is 5.16. The van der Waals surface area contributed by atoms with E-state index < -0.39 is 0 Å². The number of nitrogens with one attached hydrogen (secondary N) is 1. The highest BCUT2D eigenvalue weighted by molar-refractivity contribution is 5.69. The Hall–Kier alpha value is -0.770. The number of rotatable bonds is 0. The van der Waals surface area contributed by atoms with Crippen LogP contribution in [0.1, 0.15) is 20.8 Å². The molecule has 2 heterocycles. The Morgan fingerprint density at radius 2 is 2.13 bits per heavy atom. The normalized spacial score (nSPS) is 37.9. The van der Waals surface area contributed by atoms with Crippen molar-refractivity contribution in [3.8, 4) is 0 Å². The summed E-state index contributed by atoms with van der Waals surface area (Å²) in [5, 5.41) is 3.41. The first-order valence-electron chi connectivity index (χ1n) is 5.58. The van der Waals surface area contributed by atoms with Gasteiger partial charge in [-0.25, -0.2) is 4.79 Å². The third-order valence-electron chi connectivity index (χ3n) is 4.19. The van der Waals surface area contributed by atoms with Gasteiger partial charge in [0.25, 0.3) is 0 Å². The Balaban J connectivity index is 2.29. The number of hydrogen-bond acceptors (Lipinski definition) is 3. The fraction of sp³-hybridized carbons (Fsp3) is 0.909. The molecule has 0 bridgehead atoms. The highest BCUT2D eigenvalue weighted by Gasteiger charge is 2.55. The second kappa shape index (κ2) is 3.37. The first kappa shape index (κ1) is 10.7. The summed E-state index contributed by atoms with van der Waals surface area (Å²) in [6, 6.07) is 0.271. The molecule has 0 spiro atoms. The van der Waals surface area contributed by atoms with Gasteiger partial charge < -0.3 is 10.1 Å². The van der Waals surface area contributed by atoms with Crippen LogP contribution in [0.25, 0.3) is 0 Å². The van der Waals surface area contributed by atoms with Crippen molar-refractivity contribution in [1.82, 2.24) is 10.2 Å². The molecule has 2 saturated heterocycles. The Labute approximate surface area is 91.0 Å². The molecule has 4 heteroatoms. The van der Waals surface area contributed by atoms with Crippen LogP contribution in [0, 0.1) is 11.8 Å². The molecule has 2 aliphatic heterocycles. The van der Waals surface area contributed by atoms with Crippen molar-refractivity contribution in [3.05, 3.63) is 0 Å². The number of carbonyl (C=O) groups is 1. The fourth-order valence-corrected chi connectivity index (χ4v) is 3.37. The zero-order valence-corrected chi connectivity index (χ0v) is 9.91. The van der Waals surface area contributed by atoms with Crippen molar-refractivity contribution in [1.29, 1.82) is 0 Å². The van der Waals surface area contributed by atoms with E-state index in [-0.39, 0.29) is 17.7 Å². The Kier molecular flexibility index (Phi) is 2.41. The van der Waals surface area contributed by atoms with E-state index in [0.717, 1.165) is 13.1 Å². The van der Waals surface area contributed by atoms with Gasteiger partial charge in [-0.1, -0.05) is 0 Å². The maximum Gasteiger partial charge on any atom is 0.410 e. The number of ether oxygens (including phenoxy) is 1. The number of likely N-dealkylation sites (tertiary alicyclic amines) is 1. The van der Waals surface area contributed by atoms with E-state index in [1.807, 2.05) is 4.90 Å². The SMILES string of the molecule is COC(=O)N1C(C)C2CNCC2C1(C)C. The number of nitrogens with zero attached hydrogens (tertiary/aromatic N) is 1. The van der Waals surface area contributed by atoms with Gasteiger partial charge in [0, 0.05) is 30.6 Å². The maximum atomic E-state index is 11.8. The van der Waals surface area contributed by atoms with Gasteiger partial charge in [0.1, 0.15) is 0 Å². The summed E-state index contributed by atoms with van der Waals surface area (Å²) in [5.74, 6) is 1.12. The minimum atomic E-state index is -0.193. The molecule has 0 saturated carbocycles. The van der Waals surface area contributed by atoms with Crippen molar-refractivity contribution in [3.63, 3.8) is 0 Å². The zero-order chi connectivity index (χ0) is 11.2. The van der Waals surface area contributed by atoms with E-state index in [0.29, 0.717) is 11.8 Å². The Morgan fingerprint density at radius 1 is 1.47 bits per heavy atom. The van der Waals surface area contributed by atoms with Crippen molar-refractivity contribution < 1.29 is 9.53 Å². The number of amides is 1. The molecule has 15 heavy (non-hydrogen) atoms. The highest BCUT2D eigenvalue weighted by Crippen LogP contribution is 2.44.